The SMILES string of the molecule is CCCNC(=O)NC(=O)CN1CCCN(Cc2ccc(C#N)cc2)CC1. The second-order valence-electron chi connectivity index (χ2n) is 6.52. The number of hydrogen-bond donors (Lipinski definition) is 2. The highest BCUT2D eigenvalue weighted by Crippen LogP contribution is 2.10. The molecule has 0 bridgehead atoms. The summed E-state index contributed by atoms with van der Waals surface area (Å²) in [6.07, 6.45) is 1.81. The van der Waals surface area contributed by atoms with Crippen LogP contribution in [0.25, 0.3) is 0 Å². The molecule has 1 heterocycles. The first-order valence-electron chi connectivity index (χ1n) is 9.12. The van der Waals surface area contributed by atoms with Crippen LogP contribution in [0, 0.1) is 11.3 Å². The van der Waals surface area contributed by atoms with Crippen LogP contribution >= 0.6 is 0 Å². The molecule has 0 atom stereocenters. The Bertz CT molecular complexity index is 638. The third-order valence-electron chi connectivity index (χ3n) is 4.33. The van der Waals surface area contributed by atoms with Gasteiger partial charge in [-0.05, 0) is 43.6 Å². The number of carbonyl (C=O) groups is 2. The van der Waals surface area contributed by atoms with Gasteiger partial charge in [-0.3, -0.25) is 19.9 Å². The molecule has 0 radical (unpaired) electrons. The van der Waals surface area contributed by atoms with E-state index in [2.05, 4.69) is 26.5 Å². The molecule has 1 fully saturated rings. The summed E-state index contributed by atoms with van der Waals surface area (Å²) in [6.45, 7) is 7.07. The van der Waals surface area contributed by atoms with E-state index in [1.807, 2.05) is 31.2 Å². The summed E-state index contributed by atoms with van der Waals surface area (Å²) < 4.78 is 0. The third kappa shape index (κ3) is 6.82. The maximum Gasteiger partial charge on any atom is 0.321 e. The Balaban J connectivity index is 1.75. The van der Waals surface area contributed by atoms with Gasteiger partial charge in [0.15, 0.2) is 0 Å². The first kappa shape index (κ1) is 19.9. The molecule has 0 saturated carbocycles. The van der Waals surface area contributed by atoms with Gasteiger partial charge in [0.25, 0.3) is 0 Å². The quantitative estimate of drug-likeness (QED) is 0.801. The topological polar surface area (TPSA) is 88.5 Å². The van der Waals surface area contributed by atoms with E-state index in [1.165, 1.54) is 5.56 Å². The van der Waals surface area contributed by atoms with Crippen molar-refractivity contribution in [2.75, 3.05) is 39.3 Å². The van der Waals surface area contributed by atoms with Gasteiger partial charge in [0.05, 0.1) is 18.2 Å². The Kier molecular flexibility index (Phi) is 8.06. The first-order chi connectivity index (χ1) is 12.6. The molecule has 2 rings (SSSR count). The lowest BCUT2D eigenvalue weighted by Gasteiger charge is -2.21. The van der Waals surface area contributed by atoms with Gasteiger partial charge in [0.1, 0.15) is 0 Å². The van der Waals surface area contributed by atoms with E-state index in [4.69, 9.17) is 5.26 Å². The van der Waals surface area contributed by atoms with E-state index < -0.39 is 6.03 Å². The number of carbonyl (C=O) groups excluding carboxylic acids is 2. The standard InChI is InChI=1S/C19H27N5O2/c1-2-8-21-19(26)22-18(25)15-24-10-3-9-23(11-12-24)14-17-6-4-16(13-20)5-7-17/h4-7H,2-3,8-12,14-15H2,1H3,(H2,21,22,25,26). The van der Waals surface area contributed by atoms with Crippen LogP contribution in [0.3, 0.4) is 0 Å². The van der Waals surface area contributed by atoms with Gasteiger partial charge in [-0.15, -0.1) is 0 Å². The number of nitrogens with one attached hydrogen (secondary N) is 2. The van der Waals surface area contributed by atoms with E-state index in [0.29, 0.717) is 12.1 Å². The highest BCUT2D eigenvalue weighted by atomic mass is 16.2. The smallest absolute Gasteiger partial charge is 0.321 e. The number of nitriles is 1. The summed E-state index contributed by atoms with van der Waals surface area (Å²) in [5.74, 6) is -0.265. The van der Waals surface area contributed by atoms with E-state index in [-0.39, 0.29) is 12.5 Å². The van der Waals surface area contributed by atoms with Crippen LogP contribution in [0.1, 0.15) is 30.9 Å². The fraction of sp³-hybridized carbons (Fsp3) is 0.526. The van der Waals surface area contributed by atoms with Crippen LogP contribution in [0.5, 0.6) is 0 Å². The Labute approximate surface area is 155 Å². The predicted molar refractivity (Wildman–Crippen MR) is 99.3 cm³/mol. The van der Waals surface area contributed by atoms with Crippen LogP contribution < -0.4 is 10.6 Å². The summed E-state index contributed by atoms with van der Waals surface area (Å²) in [5, 5.41) is 13.9. The molecule has 2 N–H and O–H groups in total. The third-order valence-corrected chi connectivity index (χ3v) is 4.33. The zero-order valence-electron chi connectivity index (χ0n) is 15.3. The lowest BCUT2D eigenvalue weighted by Crippen LogP contribution is -2.45. The highest BCUT2D eigenvalue weighted by Gasteiger charge is 2.18. The largest absolute Gasteiger partial charge is 0.338 e. The molecule has 0 spiro atoms. The maximum atomic E-state index is 12.0. The number of hydrogen-bond acceptors (Lipinski definition) is 5. The molecule has 1 aromatic carbocycles. The minimum absolute atomic E-state index is 0.240. The summed E-state index contributed by atoms with van der Waals surface area (Å²) >= 11 is 0. The molecule has 140 valence electrons. The van der Waals surface area contributed by atoms with Gasteiger partial charge in [-0.2, -0.15) is 5.26 Å². The Hall–Kier alpha value is -2.43. The summed E-state index contributed by atoms with van der Waals surface area (Å²) in [4.78, 5) is 27.9. The lowest BCUT2D eigenvalue weighted by atomic mass is 10.1. The zero-order valence-corrected chi connectivity index (χ0v) is 15.3. The van der Waals surface area contributed by atoms with Crippen LogP contribution in [-0.2, 0) is 11.3 Å². The predicted octanol–water partition coefficient (Wildman–Crippen LogP) is 1.30. The van der Waals surface area contributed by atoms with Gasteiger partial charge in [0, 0.05) is 26.2 Å². The van der Waals surface area contributed by atoms with Gasteiger partial charge in [-0.1, -0.05) is 19.1 Å². The molecule has 1 aliphatic heterocycles. The Morgan fingerprint density at radius 1 is 1.12 bits per heavy atom. The van der Waals surface area contributed by atoms with E-state index in [9.17, 15) is 9.59 Å². The van der Waals surface area contributed by atoms with Gasteiger partial charge in [0.2, 0.25) is 5.91 Å². The summed E-state index contributed by atoms with van der Waals surface area (Å²) in [7, 11) is 0. The first-order valence-corrected chi connectivity index (χ1v) is 9.12. The number of nitrogens with zero attached hydrogens (tertiary/aromatic N) is 3. The van der Waals surface area contributed by atoms with Crippen molar-refractivity contribution in [3.8, 4) is 6.07 Å². The Morgan fingerprint density at radius 2 is 1.81 bits per heavy atom. The molecule has 0 aliphatic carbocycles. The fourth-order valence-corrected chi connectivity index (χ4v) is 2.94. The van der Waals surface area contributed by atoms with E-state index in [0.717, 1.165) is 45.6 Å². The molecule has 26 heavy (non-hydrogen) atoms. The second kappa shape index (κ2) is 10.5. The van der Waals surface area contributed by atoms with Crippen molar-refractivity contribution >= 4 is 11.9 Å². The van der Waals surface area contributed by atoms with E-state index in [1.54, 1.807) is 0 Å². The normalized spacial score (nSPS) is 15.7. The van der Waals surface area contributed by atoms with Gasteiger partial charge < -0.3 is 5.32 Å². The van der Waals surface area contributed by atoms with Crippen LogP contribution in [-0.4, -0.2) is 61.0 Å². The molecule has 1 aliphatic rings. The molecular weight excluding hydrogens is 330 g/mol. The lowest BCUT2D eigenvalue weighted by molar-refractivity contribution is -0.121. The molecular formula is C19H27N5O2. The molecule has 3 amide bonds. The number of rotatable bonds is 6. The molecule has 1 saturated heterocycles. The van der Waals surface area contributed by atoms with Crippen molar-refractivity contribution in [3.63, 3.8) is 0 Å². The van der Waals surface area contributed by atoms with Crippen molar-refractivity contribution in [1.82, 2.24) is 20.4 Å². The van der Waals surface area contributed by atoms with Gasteiger partial charge >= 0.3 is 6.03 Å². The number of benzene rings is 1. The highest BCUT2D eigenvalue weighted by molar-refractivity contribution is 5.95. The van der Waals surface area contributed by atoms with Crippen molar-refractivity contribution < 1.29 is 9.59 Å². The van der Waals surface area contributed by atoms with Crippen LogP contribution in [0.15, 0.2) is 24.3 Å². The number of amides is 3. The number of imide groups is 1. The molecule has 7 heteroatoms. The fourth-order valence-electron chi connectivity index (χ4n) is 2.94. The average Bonchev–Trinajstić information content (AvgIpc) is 2.85. The van der Waals surface area contributed by atoms with Crippen LogP contribution in [0.4, 0.5) is 4.79 Å². The molecule has 7 nitrogen and oxygen atoms in total. The second-order valence-corrected chi connectivity index (χ2v) is 6.52. The zero-order chi connectivity index (χ0) is 18.8. The minimum Gasteiger partial charge on any atom is -0.338 e. The monoisotopic (exact) mass is 357 g/mol. The maximum absolute atomic E-state index is 12.0. The van der Waals surface area contributed by atoms with E-state index >= 15 is 0 Å². The van der Waals surface area contributed by atoms with Crippen molar-refractivity contribution in [2.24, 2.45) is 0 Å². The molecule has 0 aromatic heterocycles. The van der Waals surface area contributed by atoms with Gasteiger partial charge in [-0.25, -0.2) is 4.79 Å². The van der Waals surface area contributed by atoms with Crippen molar-refractivity contribution in [3.05, 3.63) is 35.4 Å². The molecule has 0 unspecified atom stereocenters. The summed E-state index contributed by atoms with van der Waals surface area (Å²) in [5.41, 5.74) is 1.85. The molecule has 1 aromatic rings. The van der Waals surface area contributed by atoms with Crippen molar-refractivity contribution in [2.45, 2.75) is 26.3 Å². The number of urea groups is 1. The minimum atomic E-state index is -0.422. The summed E-state index contributed by atoms with van der Waals surface area (Å²) in [6, 6.07) is 9.37. The van der Waals surface area contributed by atoms with Crippen LogP contribution in [0.2, 0.25) is 0 Å². The Morgan fingerprint density at radius 3 is 2.50 bits per heavy atom. The van der Waals surface area contributed by atoms with Crippen molar-refractivity contribution in [1.29, 1.82) is 5.26 Å². The average molecular weight is 357 g/mol.